The molecular formula is C12H20ClN3O2S. The Morgan fingerprint density at radius 2 is 2.37 bits per heavy atom. The van der Waals surface area contributed by atoms with Gasteiger partial charge in [-0.05, 0) is 13.3 Å². The molecule has 1 aromatic heterocycles. The van der Waals surface area contributed by atoms with Crippen LogP contribution in [-0.4, -0.2) is 23.0 Å². The molecule has 0 aliphatic carbocycles. The van der Waals surface area contributed by atoms with Crippen molar-refractivity contribution in [2.75, 3.05) is 11.9 Å². The molecule has 0 bridgehead atoms. The molecular weight excluding hydrogens is 286 g/mol. The van der Waals surface area contributed by atoms with Crippen LogP contribution in [0.4, 0.5) is 5.13 Å². The van der Waals surface area contributed by atoms with Crippen molar-refractivity contribution >= 4 is 34.8 Å². The first-order valence-corrected chi connectivity index (χ1v) is 7.01. The molecule has 1 aliphatic rings. The number of carbonyl (C=O) groups excluding carboxylic acids is 1. The fourth-order valence-corrected chi connectivity index (χ4v) is 2.89. The number of nitrogens with two attached hydrogens (primary N) is 1. The highest BCUT2D eigenvalue weighted by molar-refractivity contribution is 7.15. The molecule has 1 aromatic rings. The van der Waals surface area contributed by atoms with Gasteiger partial charge >= 0.3 is 0 Å². The van der Waals surface area contributed by atoms with Gasteiger partial charge < -0.3 is 15.8 Å². The van der Waals surface area contributed by atoms with Crippen LogP contribution in [0.3, 0.4) is 0 Å². The fraction of sp³-hybridized carbons (Fsp3) is 0.667. The van der Waals surface area contributed by atoms with Crippen molar-refractivity contribution in [2.45, 2.75) is 45.3 Å². The Kier molecular flexibility index (Phi) is 5.73. The van der Waals surface area contributed by atoms with Gasteiger partial charge in [-0.25, -0.2) is 4.98 Å². The lowest BCUT2D eigenvalue weighted by atomic mass is 9.97. The maximum Gasteiger partial charge on any atom is 0.245 e. The Labute approximate surface area is 123 Å². The van der Waals surface area contributed by atoms with Crippen LogP contribution in [0.1, 0.15) is 37.3 Å². The minimum atomic E-state index is -0.836. The first kappa shape index (κ1) is 16.4. The molecule has 0 radical (unpaired) electrons. The monoisotopic (exact) mass is 305 g/mol. The number of amides is 1. The van der Waals surface area contributed by atoms with Gasteiger partial charge in [-0.3, -0.25) is 4.79 Å². The number of rotatable bonds is 4. The number of hydrogen-bond acceptors (Lipinski definition) is 5. The van der Waals surface area contributed by atoms with E-state index >= 15 is 0 Å². The van der Waals surface area contributed by atoms with E-state index in [1.54, 1.807) is 6.92 Å². The second-order valence-corrected chi connectivity index (χ2v) is 5.90. The van der Waals surface area contributed by atoms with Crippen LogP contribution in [0.25, 0.3) is 0 Å². The minimum Gasteiger partial charge on any atom is -0.375 e. The van der Waals surface area contributed by atoms with Crippen molar-refractivity contribution in [3.8, 4) is 0 Å². The Bertz CT molecular complexity index is 425. The molecule has 108 valence electrons. The SMILES string of the molecule is CCCC(C)(N)C(=O)Nc1nc2c(s1)COCC2.Cl. The van der Waals surface area contributed by atoms with Gasteiger partial charge in [0.1, 0.15) is 0 Å². The van der Waals surface area contributed by atoms with Crippen molar-refractivity contribution in [2.24, 2.45) is 5.73 Å². The summed E-state index contributed by atoms with van der Waals surface area (Å²) in [6.07, 6.45) is 2.35. The van der Waals surface area contributed by atoms with Gasteiger partial charge in [-0.1, -0.05) is 24.7 Å². The number of carbonyl (C=O) groups is 1. The second kappa shape index (κ2) is 6.65. The van der Waals surface area contributed by atoms with Gasteiger partial charge in [0, 0.05) is 6.42 Å². The average molecular weight is 306 g/mol. The Morgan fingerprint density at radius 3 is 3.00 bits per heavy atom. The summed E-state index contributed by atoms with van der Waals surface area (Å²) in [5.41, 5.74) is 6.18. The Balaban J connectivity index is 0.00000180. The van der Waals surface area contributed by atoms with E-state index in [1.165, 1.54) is 11.3 Å². The van der Waals surface area contributed by atoms with Gasteiger partial charge in [-0.15, -0.1) is 12.4 Å². The molecule has 1 aliphatic heterocycles. The predicted molar refractivity (Wildman–Crippen MR) is 78.9 cm³/mol. The molecule has 0 spiro atoms. The third-order valence-corrected chi connectivity index (χ3v) is 3.99. The van der Waals surface area contributed by atoms with Crippen molar-refractivity contribution in [3.05, 3.63) is 10.6 Å². The molecule has 0 fully saturated rings. The highest BCUT2D eigenvalue weighted by atomic mass is 35.5. The number of hydrogen-bond donors (Lipinski definition) is 2. The molecule has 0 saturated carbocycles. The number of halogens is 1. The van der Waals surface area contributed by atoms with Gasteiger partial charge in [0.2, 0.25) is 5.91 Å². The molecule has 1 unspecified atom stereocenters. The van der Waals surface area contributed by atoms with E-state index in [0.717, 1.165) is 23.4 Å². The van der Waals surface area contributed by atoms with E-state index in [1.807, 2.05) is 6.92 Å². The van der Waals surface area contributed by atoms with E-state index in [0.29, 0.717) is 24.8 Å². The molecule has 0 aromatic carbocycles. The summed E-state index contributed by atoms with van der Waals surface area (Å²) < 4.78 is 5.35. The number of nitrogens with zero attached hydrogens (tertiary/aromatic N) is 1. The lowest BCUT2D eigenvalue weighted by Gasteiger charge is -2.21. The summed E-state index contributed by atoms with van der Waals surface area (Å²) in [6.45, 7) is 5.06. The maximum absolute atomic E-state index is 12.0. The van der Waals surface area contributed by atoms with Crippen molar-refractivity contribution in [1.82, 2.24) is 4.98 Å². The van der Waals surface area contributed by atoms with Gasteiger partial charge in [-0.2, -0.15) is 0 Å². The smallest absolute Gasteiger partial charge is 0.245 e. The van der Waals surface area contributed by atoms with Crippen LogP contribution < -0.4 is 11.1 Å². The van der Waals surface area contributed by atoms with Crippen LogP contribution in [0, 0.1) is 0 Å². The zero-order chi connectivity index (χ0) is 13.2. The van der Waals surface area contributed by atoms with E-state index in [4.69, 9.17) is 10.5 Å². The van der Waals surface area contributed by atoms with Crippen molar-refractivity contribution < 1.29 is 9.53 Å². The minimum absolute atomic E-state index is 0. The summed E-state index contributed by atoms with van der Waals surface area (Å²) in [7, 11) is 0. The second-order valence-electron chi connectivity index (χ2n) is 4.81. The molecule has 7 heteroatoms. The molecule has 2 heterocycles. The van der Waals surface area contributed by atoms with Crippen LogP contribution in [0.5, 0.6) is 0 Å². The number of thiazole rings is 1. The standard InChI is InChI=1S/C12H19N3O2S.ClH/c1-3-5-12(2,13)10(16)15-11-14-8-4-6-17-7-9(8)18-11;/h3-7,13H2,1-2H3,(H,14,15,16);1H. The first-order valence-electron chi connectivity index (χ1n) is 6.19. The number of ether oxygens (including phenoxy) is 1. The fourth-order valence-electron chi connectivity index (χ4n) is 1.95. The predicted octanol–water partition coefficient (Wildman–Crippen LogP) is 2.09. The number of aromatic nitrogens is 1. The zero-order valence-electron chi connectivity index (χ0n) is 11.2. The Hall–Kier alpha value is -0.690. The third-order valence-electron chi connectivity index (χ3n) is 3.00. The number of fused-ring (bicyclic) bond motifs is 1. The van der Waals surface area contributed by atoms with Crippen molar-refractivity contribution in [3.63, 3.8) is 0 Å². The maximum atomic E-state index is 12.0. The molecule has 5 nitrogen and oxygen atoms in total. The summed E-state index contributed by atoms with van der Waals surface area (Å²) in [5, 5.41) is 3.44. The van der Waals surface area contributed by atoms with Crippen LogP contribution in [0.2, 0.25) is 0 Å². The lowest BCUT2D eigenvalue weighted by molar-refractivity contribution is -0.120. The van der Waals surface area contributed by atoms with Crippen LogP contribution in [-0.2, 0) is 22.6 Å². The average Bonchev–Trinajstić information content (AvgIpc) is 2.70. The molecule has 1 amide bonds. The topological polar surface area (TPSA) is 77.2 Å². The van der Waals surface area contributed by atoms with Gasteiger partial charge in [0.15, 0.2) is 5.13 Å². The number of anilines is 1. The quantitative estimate of drug-likeness (QED) is 0.893. The van der Waals surface area contributed by atoms with E-state index in [-0.39, 0.29) is 18.3 Å². The largest absolute Gasteiger partial charge is 0.375 e. The lowest BCUT2D eigenvalue weighted by Crippen LogP contribution is -2.48. The highest BCUT2D eigenvalue weighted by Crippen LogP contribution is 2.27. The van der Waals surface area contributed by atoms with E-state index < -0.39 is 5.54 Å². The van der Waals surface area contributed by atoms with E-state index in [2.05, 4.69) is 10.3 Å². The van der Waals surface area contributed by atoms with E-state index in [9.17, 15) is 4.79 Å². The summed E-state index contributed by atoms with van der Waals surface area (Å²) in [5.74, 6) is -0.170. The van der Waals surface area contributed by atoms with Crippen molar-refractivity contribution in [1.29, 1.82) is 0 Å². The van der Waals surface area contributed by atoms with Crippen LogP contribution in [0.15, 0.2) is 0 Å². The third kappa shape index (κ3) is 3.89. The highest BCUT2D eigenvalue weighted by Gasteiger charge is 2.28. The Morgan fingerprint density at radius 1 is 1.63 bits per heavy atom. The molecule has 0 saturated heterocycles. The summed E-state index contributed by atoms with van der Waals surface area (Å²) in [4.78, 5) is 17.6. The molecule has 2 rings (SSSR count). The normalized spacial score (nSPS) is 17.0. The van der Waals surface area contributed by atoms with Gasteiger partial charge in [0.25, 0.3) is 0 Å². The van der Waals surface area contributed by atoms with Crippen LogP contribution >= 0.6 is 23.7 Å². The number of nitrogens with one attached hydrogen (secondary N) is 1. The summed E-state index contributed by atoms with van der Waals surface area (Å²) in [6, 6.07) is 0. The van der Waals surface area contributed by atoms with Gasteiger partial charge in [0.05, 0.1) is 29.3 Å². The molecule has 1 atom stereocenters. The molecule has 3 N–H and O–H groups in total. The molecule has 19 heavy (non-hydrogen) atoms. The first-order chi connectivity index (χ1) is 8.53. The summed E-state index contributed by atoms with van der Waals surface area (Å²) >= 11 is 1.47. The zero-order valence-corrected chi connectivity index (χ0v) is 12.8.